The van der Waals surface area contributed by atoms with Gasteiger partial charge in [-0.1, -0.05) is 30.3 Å². The summed E-state index contributed by atoms with van der Waals surface area (Å²) in [7, 11) is 3.08. The zero-order valence-corrected chi connectivity index (χ0v) is 18.3. The maximum atomic E-state index is 13.4. The quantitative estimate of drug-likeness (QED) is 0.674. The molecule has 1 fully saturated rings. The summed E-state index contributed by atoms with van der Waals surface area (Å²) in [4.78, 5) is 15.5. The Hall–Kier alpha value is -2.23. The molecule has 9 heteroatoms. The van der Waals surface area contributed by atoms with Crippen LogP contribution in [0.4, 0.5) is 13.2 Å². The number of thioether (sulfide) groups is 1. The molecule has 3 rings (SSSR count). The number of benzene rings is 2. The molecule has 0 aromatic heterocycles. The largest absolute Gasteiger partial charge is 0.496 e. The van der Waals surface area contributed by atoms with Gasteiger partial charge in [0.05, 0.1) is 29.9 Å². The number of nitrogens with zero attached hydrogens (tertiary/aromatic N) is 1. The van der Waals surface area contributed by atoms with Gasteiger partial charge in [0.25, 0.3) is 5.91 Å². The summed E-state index contributed by atoms with van der Waals surface area (Å²) in [6.45, 7) is 0.904. The first-order valence-electron chi connectivity index (χ1n) is 9.67. The summed E-state index contributed by atoms with van der Waals surface area (Å²) in [5.41, 5.74) is -0.934. The van der Waals surface area contributed by atoms with Crippen molar-refractivity contribution in [3.05, 3.63) is 59.2 Å². The molecule has 0 radical (unpaired) electrons. The number of hydrogen-bond donors (Lipinski definition) is 2. The standard InChI is InChI=1S/C22H25F3N2O3S/c1-27-12-16(28)11-21(13-27,14-7-5-4-6-8-14)26-20(29)19-17(30-2)9-15(22(23,24)25)10-18(19)31-3/h4-10,16,28H,11-13H2,1-3H3,(H,26,29). The Morgan fingerprint density at radius 2 is 1.97 bits per heavy atom. The van der Waals surface area contributed by atoms with Gasteiger partial charge < -0.3 is 20.1 Å². The van der Waals surface area contributed by atoms with Crippen LogP contribution >= 0.6 is 11.8 Å². The van der Waals surface area contributed by atoms with Crippen LogP contribution in [-0.2, 0) is 11.7 Å². The van der Waals surface area contributed by atoms with Crippen LogP contribution in [0.25, 0.3) is 0 Å². The number of methoxy groups -OCH3 is 1. The van der Waals surface area contributed by atoms with E-state index in [0.717, 1.165) is 29.5 Å². The number of likely N-dealkylation sites (tertiary alicyclic amines) is 1. The third-order valence-corrected chi connectivity index (χ3v) is 6.15. The van der Waals surface area contributed by atoms with Gasteiger partial charge in [-0.15, -0.1) is 11.8 Å². The second kappa shape index (κ2) is 9.10. The molecule has 2 N–H and O–H groups in total. The van der Waals surface area contributed by atoms with Crippen molar-refractivity contribution in [2.45, 2.75) is 29.1 Å². The Balaban J connectivity index is 2.07. The first-order chi connectivity index (χ1) is 14.6. The lowest BCUT2D eigenvalue weighted by atomic mass is 9.81. The molecule has 2 atom stereocenters. The van der Waals surface area contributed by atoms with Gasteiger partial charge in [-0.25, -0.2) is 0 Å². The Morgan fingerprint density at radius 3 is 2.52 bits per heavy atom. The van der Waals surface area contributed by atoms with Crippen LogP contribution in [0.1, 0.15) is 27.9 Å². The zero-order valence-electron chi connectivity index (χ0n) is 17.5. The van der Waals surface area contributed by atoms with Crippen LogP contribution in [0, 0.1) is 0 Å². The molecule has 1 aliphatic heterocycles. The van der Waals surface area contributed by atoms with Gasteiger partial charge in [0.1, 0.15) is 5.75 Å². The Kier molecular flexibility index (Phi) is 6.88. The number of amides is 1. The normalized spacial score (nSPS) is 22.2. The predicted molar refractivity (Wildman–Crippen MR) is 113 cm³/mol. The van der Waals surface area contributed by atoms with Crippen molar-refractivity contribution in [2.24, 2.45) is 0 Å². The maximum absolute atomic E-state index is 13.4. The molecule has 1 saturated heterocycles. The van der Waals surface area contributed by atoms with E-state index in [2.05, 4.69) is 5.32 Å². The van der Waals surface area contributed by atoms with E-state index >= 15 is 0 Å². The van der Waals surface area contributed by atoms with Crippen molar-refractivity contribution < 1.29 is 27.8 Å². The highest BCUT2D eigenvalue weighted by molar-refractivity contribution is 7.98. The monoisotopic (exact) mass is 454 g/mol. The van der Waals surface area contributed by atoms with Gasteiger partial charge in [0.2, 0.25) is 0 Å². The number of rotatable bonds is 5. The van der Waals surface area contributed by atoms with E-state index in [-0.39, 0.29) is 22.6 Å². The number of likely N-dealkylation sites (N-methyl/N-ethyl adjacent to an activating group) is 1. The molecule has 0 aliphatic carbocycles. The van der Waals surface area contributed by atoms with Crippen LogP contribution in [0.15, 0.2) is 47.4 Å². The number of nitrogens with one attached hydrogen (secondary N) is 1. The Labute approximate surface area is 183 Å². The lowest BCUT2D eigenvalue weighted by Gasteiger charge is -2.44. The molecule has 31 heavy (non-hydrogen) atoms. The van der Waals surface area contributed by atoms with Gasteiger partial charge in [-0.05, 0) is 31.0 Å². The van der Waals surface area contributed by atoms with Gasteiger partial charge in [-0.3, -0.25) is 4.79 Å². The van der Waals surface area contributed by atoms with E-state index in [1.54, 1.807) is 6.26 Å². The van der Waals surface area contributed by atoms with Crippen molar-refractivity contribution in [1.29, 1.82) is 0 Å². The number of ether oxygens (including phenoxy) is 1. The van der Waals surface area contributed by atoms with Gasteiger partial charge in [0.15, 0.2) is 0 Å². The van der Waals surface area contributed by atoms with Crippen molar-refractivity contribution in [1.82, 2.24) is 10.2 Å². The van der Waals surface area contributed by atoms with Crippen LogP contribution in [0.2, 0.25) is 0 Å². The number of alkyl halides is 3. The number of aliphatic hydroxyl groups is 1. The van der Waals surface area contributed by atoms with Crippen molar-refractivity contribution in [2.75, 3.05) is 33.5 Å². The van der Waals surface area contributed by atoms with Gasteiger partial charge >= 0.3 is 6.18 Å². The molecular formula is C22H25F3N2O3S. The van der Waals surface area contributed by atoms with Crippen molar-refractivity contribution in [3.63, 3.8) is 0 Å². The number of carbonyl (C=O) groups is 1. The molecule has 2 unspecified atom stereocenters. The average molecular weight is 455 g/mol. The average Bonchev–Trinajstić information content (AvgIpc) is 2.71. The molecule has 0 spiro atoms. The molecule has 5 nitrogen and oxygen atoms in total. The third-order valence-electron chi connectivity index (χ3n) is 5.39. The summed E-state index contributed by atoms with van der Waals surface area (Å²) < 4.78 is 45.1. The fourth-order valence-electron chi connectivity index (χ4n) is 4.12. The van der Waals surface area contributed by atoms with Crippen molar-refractivity contribution >= 4 is 17.7 Å². The smallest absolute Gasteiger partial charge is 0.416 e. The number of aliphatic hydroxyl groups excluding tert-OH is 1. The fraction of sp³-hybridized carbons (Fsp3) is 0.409. The summed E-state index contributed by atoms with van der Waals surface area (Å²) in [5.74, 6) is -0.703. The summed E-state index contributed by atoms with van der Waals surface area (Å²) in [5, 5.41) is 13.5. The number of halogens is 3. The van der Waals surface area contributed by atoms with E-state index in [9.17, 15) is 23.1 Å². The molecule has 0 saturated carbocycles. The van der Waals surface area contributed by atoms with E-state index in [0.29, 0.717) is 13.1 Å². The lowest BCUT2D eigenvalue weighted by Crippen LogP contribution is -2.59. The Bertz CT molecular complexity index is 902. The minimum absolute atomic E-state index is 0.0426. The summed E-state index contributed by atoms with van der Waals surface area (Å²) in [6, 6.07) is 11.1. The second-order valence-electron chi connectivity index (χ2n) is 7.71. The van der Waals surface area contributed by atoms with Gasteiger partial charge in [0, 0.05) is 24.4 Å². The summed E-state index contributed by atoms with van der Waals surface area (Å²) in [6.07, 6.45) is -3.34. The highest BCUT2D eigenvalue weighted by Crippen LogP contribution is 2.39. The molecule has 0 bridgehead atoms. The van der Waals surface area contributed by atoms with E-state index in [1.807, 2.05) is 42.3 Å². The van der Waals surface area contributed by atoms with Crippen LogP contribution in [-0.4, -0.2) is 55.5 Å². The molecule has 2 aromatic carbocycles. The molecule has 2 aromatic rings. The molecule has 1 aliphatic rings. The zero-order chi connectivity index (χ0) is 22.8. The Morgan fingerprint density at radius 1 is 1.29 bits per heavy atom. The fourth-order valence-corrected chi connectivity index (χ4v) is 4.77. The summed E-state index contributed by atoms with van der Waals surface area (Å²) >= 11 is 1.04. The predicted octanol–water partition coefficient (Wildman–Crippen LogP) is 3.76. The van der Waals surface area contributed by atoms with E-state index < -0.39 is 29.3 Å². The molecule has 1 amide bonds. The SMILES string of the molecule is COc1cc(C(F)(F)F)cc(SC)c1C(=O)NC1(c2ccccc2)CC(O)CN(C)C1. The topological polar surface area (TPSA) is 61.8 Å². The first kappa shape index (κ1) is 23.4. The van der Waals surface area contributed by atoms with Crippen LogP contribution in [0.5, 0.6) is 5.75 Å². The maximum Gasteiger partial charge on any atom is 0.416 e. The van der Waals surface area contributed by atoms with Crippen LogP contribution in [0.3, 0.4) is 0 Å². The van der Waals surface area contributed by atoms with Gasteiger partial charge in [-0.2, -0.15) is 13.2 Å². The number of hydrogen-bond acceptors (Lipinski definition) is 5. The highest BCUT2D eigenvalue weighted by atomic mass is 32.2. The van der Waals surface area contributed by atoms with E-state index in [4.69, 9.17) is 4.74 Å². The first-order valence-corrected chi connectivity index (χ1v) is 10.9. The number of piperidine rings is 1. The molecule has 168 valence electrons. The minimum Gasteiger partial charge on any atom is -0.496 e. The highest BCUT2D eigenvalue weighted by Gasteiger charge is 2.42. The lowest BCUT2D eigenvalue weighted by molar-refractivity contribution is -0.137. The van der Waals surface area contributed by atoms with Crippen molar-refractivity contribution in [3.8, 4) is 5.75 Å². The molecular weight excluding hydrogens is 429 g/mol. The van der Waals surface area contributed by atoms with E-state index in [1.165, 1.54) is 7.11 Å². The molecule has 1 heterocycles. The minimum atomic E-state index is -4.56. The van der Waals surface area contributed by atoms with Crippen LogP contribution < -0.4 is 10.1 Å². The number of β-amino-alcohol motifs (C(OH)–C–C–N with tert-alkyl or cyclic N) is 1. The third kappa shape index (κ3) is 4.99. The second-order valence-corrected chi connectivity index (χ2v) is 8.56. The number of carbonyl (C=O) groups excluding carboxylic acids is 1.